The third kappa shape index (κ3) is 3.19. The van der Waals surface area contributed by atoms with Crippen LogP contribution in [0.1, 0.15) is 20.3 Å². The van der Waals surface area contributed by atoms with Crippen molar-refractivity contribution in [1.29, 1.82) is 0 Å². The molecule has 0 saturated heterocycles. The van der Waals surface area contributed by atoms with Crippen LogP contribution >= 0.6 is 0 Å². The van der Waals surface area contributed by atoms with Crippen molar-refractivity contribution < 1.29 is 9.90 Å². The molecule has 1 heterocycles. The van der Waals surface area contributed by atoms with Gasteiger partial charge in [0.1, 0.15) is 6.54 Å². The molecule has 1 atom stereocenters. The molecule has 0 radical (unpaired) electrons. The number of anilines is 1. The van der Waals surface area contributed by atoms with Crippen LogP contribution in [-0.2, 0) is 4.79 Å². The number of rotatable bonds is 5. The fourth-order valence-electron chi connectivity index (χ4n) is 1.23. The average Bonchev–Trinajstić information content (AvgIpc) is 2.26. The van der Waals surface area contributed by atoms with Gasteiger partial charge in [-0.2, -0.15) is 0 Å². The Morgan fingerprint density at radius 1 is 1.53 bits per heavy atom. The summed E-state index contributed by atoms with van der Waals surface area (Å²) in [5.41, 5.74) is 0. The Morgan fingerprint density at radius 3 is 2.60 bits per heavy atom. The van der Waals surface area contributed by atoms with Crippen molar-refractivity contribution in [1.82, 2.24) is 9.97 Å². The van der Waals surface area contributed by atoms with Crippen molar-refractivity contribution in [2.24, 2.45) is 0 Å². The molecule has 82 valence electrons. The van der Waals surface area contributed by atoms with Crippen LogP contribution in [0.15, 0.2) is 18.5 Å². The summed E-state index contributed by atoms with van der Waals surface area (Å²) in [6, 6.07) is 1.82. The van der Waals surface area contributed by atoms with Crippen LogP contribution in [0.2, 0.25) is 0 Å². The Bertz CT molecular complexity index is 316. The van der Waals surface area contributed by atoms with E-state index in [0.29, 0.717) is 5.95 Å². The summed E-state index contributed by atoms with van der Waals surface area (Å²) in [7, 11) is 0. The van der Waals surface area contributed by atoms with Gasteiger partial charge in [0.2, 0.25) is 5.95 Å². The highest BCUT2D eigenvalue weighted by Gasteiger charge is 2.17. The molecule has 5 heteroatoms. The second-order valence-corrected chi connectivity index (χ2v) is 3.33. The summed E-state index contributed by atoms with van der Waals surface area (Å²) in [5.74, 6) is -0.406. The van der Waals surface area contributed by atoms with E-state index in [1.807, 2.05) is 13.8 Å². The fraction of sp³-hybridized carbons (Fsp3) is 0.500. The first-order chi connectivity index (χ1) is 7.15. The van der Waals surface area contributed by atoms with Gasteiger partial charge in [0.15, 0.2) is 0 Å². The first kappa shape index (κ1) is 11.4. The number of aliphatic carboxylic acids is 1. The molecule has 15 heavy (non-hydrogen) atoms. The van der Waals surface area contributed by atoms with E-state index in [9.17, 15) is 4.79 Å². The third-order valence-electron chi connectivity index (χ3n) is 2.24. The van der Waals surface area contributed by atoms with Crippen molar-refractivity contribution in [2.45, 2.75) is 26.3 Å². The van der Waals surface area contributed by atoms with E-state index in [1.54, 1.807) is 23.4 Å². The predicted molar refractivity (Wildman–Crippen MR) is 56.8 cm³/mol. The van der Waals surface area contributed by atoms with Crippen LogP contribution in [0.4, 0.5) is 5.95 Å². The molecule has 1 unspecified atom stereocenters. The number of nitrogens with zero attached hydrogens (tertiary/aromatic N) is 3. The normalized spacial score (nSPS) is 12.1. The lowest BCUT2D eigenvalue weighted by atomic mass is 10.2. The molecular weight excluding hydrogens is 194 g/mol. The SMILES string of the molecule is CCC(C)N(CC(=O)O)c1ncccn1. The van der Waals surface area contributed by atoms with Gasteiger partial charge >= 0.3 is 5.97 Å². The maximum atomic E-state index is 10.7. The van der Waals surface area contributed by atoms with E-state index in [-0.39, 0.29) is 12.6 Å². The van der Waals surface area contributed by atoms with Gasteiger partial charge < -0.3 is 10.0 Å². The molecule has 0 aromatic carbocycles. The van der Waals surface area contributed by atoms with E-state index in [0.717, 1.165) is 6.42 Å². The van der Waals surface area contributed by atoms with Crippen molar-refractivity contribution in [3.8, 4) is 0 Å². The van der Waals surface area contributed by atoms with Crippen molar-refractivity contribution in [3.05, 3.63) is 18.5 Å². The summed E-state index contributed by atoms with van der Waals surface area (Å²) in [6.45, 7) is 3.89. The van der Waals surface area contributed by atoms with Crippen LogP contribution in [0.3, 0.4) is 0 Å². The number of hydrogen-bond acceptors (Lipinski definition) is 4. The van der Waals surface area contributed by atoms with Gasteiger partial charge in [0, 0.05) is 18.4 Å². The van der Waals surface area contributed by atoms with Gasteiger partial charge in [-0.25, -0.2) is 9.97 Å². The number of carboxylic acid groups (broad SMARTS) is 1. The van der Waals surface area contributed by atoms with Gasteiger partial charge in [-0.1, -0.05) is 6.92 Å². The summed E-state index contributed by atoms with van der Waals surface area (Å²) < 4.78 is 0. The van der Waals surface area contributed by atoms with Crippen LogP contribution < -0.4 is 4.90 Å². The summed E-state index contributed by atoms with van der Waals surface area (Å²) in [5, 5.41) is 8.79. The van der Waals surface area contributed by atoms with Gasteiger partial charge in [-0.3, -0.25) is 4.79 Å². The maximum Gasteiger partial charge on any atom is 0.323 e. The van der Waals surface area contributed by atoms with Crippen molar-refractivity contribution >= 4 is 11.9 Å². The number of carbonyl (C=O) groups is 1. The topological polar surface area (TPSA) is 66.3 Å². The largest absolute Gasteiger partial charge is 0.480 e. The first-order valence-electron chi connectivity index (χ1n) is 4.90. The number of hydrogen-bond donors (Lipinski definition) is 1. The Morgan fingerprint density at radius 2 is 2.13 bits per heavy atom. The van der Waals surface area contributed by atoms with Crippen molar-refractivity contribution in [3.63, 3.8) is 0 Å². The zero-order valence-corrected chi connectivity index (χ0v) is 8.92. The van der Waals surface area contributed by atoms with Gasteiger partial charge in [0.05, 0.1) is 0 Å². The van der Waals surface area contributed by atoms with Crippen LogP contribution in [0.5, 0.6) is 0 Å². The first-order valence-corrected chi connectivity index (χ1v) is 4.90. The van der Waals surface area contributed by atoms with Crippen LogP contribution in [-0.4, -0.2) is 33.6 Å². The van der Waals surface area contributed by atoms with Crippen molar-refractivity contribution in [2.75, 3.05) is 11.4 Å². The minimum atomic E-state index is -0.872. The third-order valence-corrected chi connectivity index (χ3v) is 2.24. The van der Waals surface area contributed by atoms with Crippen LogP contribution in [0, 0.1) is 0 Å². The minimum absolute atomic E-state index is 0.0704. The molecule has 5 nitrogen and oxygen atoms in total. The molecule has 1 rings (SSSR count). The Hall–Kier alpha value is -1.65. The van der Waals surface area contributed by atoms with E-state index in [4.69, 9.17) is 5.11 Å². The average molecular weight is 209 g/mol. The second-order valence-electron chi connectivity index (χ2n) is 3.33. The van der Waals surface area contributed by atoms with E-state index >= 15 is 0 Å². The summed E-state index contributed by atoms with van der Waals surface area (Å²) in [4.78, 5) is 20.5. The zero-order chi connectivity index (χ0) is 11.3. The number of carboxylic acids is 1. The highest BCUT2D eigenvalue weighted by atomic mass is 16.4. The maximum absolute atomic E-state index is 10.7. The molecule has 0 saturated carbocycles. The molecule has 0 amide bonds. The van der Waals surface area contributed by atoms with Gasteiger partial charge in [-0.15, -0.1) is 0 Å². The second kappa shape index (κ2) is 5.29. The highest BCUT2D eigenvalue weighted by Crippen LogP contribution is 2.11. The quantitative estimate of drug-likeness (QED) is 0.788. The molecule has 1 aromatic heterocycles. The molecular formula is C10H15N3O2. The molecule has 0 fully saturated rings. The smallest absolute Gasteiger partial charge is 0.323 e. The number of aromatic nitrogens is 2. The summed E-state index contributed by atoms with van der Waals surface area (Å²) in [6.07, 6.45) is 4.07. The molecule has 0 bridgehead atoms. The lowest BCUT2D eigenvalue weighted by Gasteiger charge is -2.26. The van der Waals surface area contributed by atoms with E-state index < -0.39 is 5.97 Å². The minimum Gasteiger partial charge on any atom is -0.480 e. The highest BCUT2D eigenvalue weighted by molar-refractivity contribution is 5.72. The molecule has 1 N–H and O–H groups in total. The molecule has 0 aliphatic rings. The molecule has 0 spiro atoms. The monoisotopic (exact) mass is 209 g/mol. The fourth-order valence-corrected chi connectivity index (χ4v) is 1.23. The zero-order valence-electron chi connectivity index (χ0n) is 8.92. The molecule has 1 aromatic rings. The lowest BCUT2D eigenvalue weighted by Crippen LogP contribution is -2.38. The standard InChI is InChI=1S/C10H15N3O2/c1-3-8(2)13(7-9(14)15)10-11-5-4-6-12-10/h4-6,8H,3,7H2,1-2H3,(H,14,15). The molecule has 0 aliphatic heterocycles. The van der Waals surface area contributed by atoms with Crippen LogP contribution in [0.25, 0.3) is 0 Å². The summed E-state index contributed by atoms with van der Waals surface area (Å²) >= 11 is 0. The van der Waals surface area contributed by atoms with E-state index in [1.165, 1.54) is 0 Å². The Kier molecular flexibility index (Phi) is 4.03. The lowest BCUT2D eigenvalue weighted by molar-refractivity contribution is -0.135. The van der Waals surface area contributed by atoms with Gasteiger partial charge in [-0.05, 0) is 19.4 Å². The molecule has 0 aliphatic carbocycles. The van der Waals surface area contributed by atoms with E-state index in [2.05, 4.69) is 9.97 Å². The predicted octanol–water partition coefficient (Wildman–Crippen LogP) is 1.17. The Labute approximate surface area is 88.8 Å². The Balaban J connectivity index is 2.86. The van der Waals surface area contributed by atoms with Gasteiger partial charge in [0.25, 0.3) is 0 Å².